The third-order valence-corrected chi connectivity index (χ3v) is 6.36. The van der Waals surface area contributed by atoms with Gasteiger partial charge in [0.15, 0.2) is 11.5 Å². The van der Waals surface area contributed by atoms with Crippen molar-refractivity contribution in [3.63, 3.8) is 0 Å². The predicted octanol–water partition coefficient (Wildman–Crippen LogP) is 6.34. The van der Waals surface area contributed by atoms with Gasteiger partial charge in [0.2, 0.25) is 0 Å². The lowest BCUT2D eigenvalue weighted by atomic mass is 10.0. The van der Waals surface area contributed by atoms with Crippen LogP contribution < -0.4 is 19.1 Å². The number of pyridine rings is 1. The van der Waals surface area contributed by atoms with E-state index in [0.29, 0.717) is 41.1 Å². The molecule has 0 saturated heterocycles. The van der Waals surface area contributed by atoms with Gasteiger partial charge < -0.3 is 19.3 Å². The Balaban J connectivity index is 1.67. The lowest BCUT2D eigenvalue weighted by Crippen LogP contribution is -2.34. The van der Waals surface area contributed by atoms with Crippen molar-refractivity contribution < 1.29 is 24.1 Å². The maximum absolute atomic E-state index is 12.1. The molecule has 0 bridgehead atoms. The molecule has 1 fully saturated rings. The number of aromatic nitrogens is 1. The number of rotatable bonds is 7. The highest BCUT2D eigenvalue weighted by atomic mass is 16.5. The second kappa shape index (κ2) is 9.57. The van der Waals surface area contributed by atoms with Crippen molar-refractivity contribution in [1.82, 2.24) is 4.98 Å². The zero-order valence-electron chi connectivity index (χ0n) is 19.6. The standard InChI is InChI=1S/C26H30N2O5/c1-16-12-23(17(2)11-21(16)28(26(29)30)15-18-7-5-6-8-18)33-22-9-10-27-20-14-25(32-4)24(31-3)13-19(20)22/h9-14,18H,5-8,15H2,1-4H3,(H,29,30). The molecule has 3 aromatic rings. The normalized spacial score (nSPS) is 13.8. The summed E-state index contributed by atoms with van der Waals surface area (Å²) in [6.07, 6.45) is 5.31. The first kappa shape index (κ1) is 22.7. The zero-order chi connectivity index (χ0) is 23.5. The minimum Gasteiger partial charge on any atom is -0.493 e. The van der Waals surface area contributed by atoms with Gasteiger partial charge in [0.05, 0.1) is 25.4 Å². The minimum atomic E-state index is -0.917. The van der Waals surface area contributed by atoms with Crippen LogP contribution in [0.1, 0.15) is 36.8 Å². The second-order valence-corrected chi connectivity index (χ2v) is 8.58. The maximum Gasteiger partial charge on any atom is 0.411 e. The summed E-state index contributed by atoms with van der Waals surface area (Å²) >= 11 is 0. The summed E-state index contributed by atoms with van der Waals surface area (Å²) in [5.74, 6) is 2.92. The molecular weight excluding hydrogens is 420 g/mol. The van der Waals surface area contributed by atoms with Crippen molar-refractivity contribution in [3.05, 3.63) is 47.7 Å². The van der Waals surface area contributed by atoms with E-state index in [9.17, 15) is 9.90 Å². The zero-order valence-corrected chi connectivity index (χ0v) is 19.6. The largest absolute Gasteiger partial charge is 0.493 e. The molecule has 1 heterocycles. The molecule has 1 aromatic heterocycles. The molecular formula is C26H30N2O5. The Labute approximate surface area is 193 Å². The number of carbonyl (C=O) groups is 1. The molecule has 0 atom stereocenters. The monoisotopic (exact) mass is 450 g/mol. The lowest BCUT2D eigenvalue weighted by Gasteiger charge is -2.25. The molecule has 4 rings (SSSR count). The van der Waals surface area contributed by atoms with Gasteiger partial charge in [-0.25, -0.2) is 4.79 Å². The Morgan fingerprint density at radius 1 is 1.00 bits per heavy atom. The summed E-state index contributed by atoms with van der Waals surface area (Å²) in [4.78, 5) is 18.0. The summed E-state index contributed by atoms with van der Waals surface area (Å²) in [6, 6.07) is 9.28. The molecule has 0 radical (unpaired) electrons. The molecule has 1 N–H and O–H groups in total. The van der Waals surface area contributed by atoms with Crippen LogP contribution in [0.2, 0.25) is 0 Å². The molecule has 1 aliphatic rings. The third-order valence-electron chi connectivity index (χ3n) is 6.36. The fourth-order valence-corrected chi connectivity index (χ4v) is 4.56. The van der Waals surface area contributed by atoms with Gasteiger partial charge in [-0.05, 0) is 68.0 Å². The molecule has 1 saturated carbocycles. The average Bonchev–Trinajstić information content (AvgIpc) is 3.32. The van der Waals surface area contributed by atoms with Crippen molar-refractivity contribution in [1.29, 1.82) is 0 Å². The molecule has 0 spiro atoms. The van der Waals surface area contributed by atoms with Crippen LogP contribution in [0, 0.1) is 19.8 Å². The van der Waals surface area contributed by atoms with Gasteiger partial charge in [0, 0.05) is 24.2 Å². The summed E-state index contributed by atoms with van der Waals surface area (Å²) in [5.41, 5.74) is 3.15. The molecule has 1 amide bonds. The molecule has 7 nitrogen and oxygen atoms in total. The number of benzene rings is 2. The summed E-state index contributed by atoms with van der Waals surface area (Å²) < 4.78 is 17.1. The van der Waals surface area contributed by atoms with Gasteiger partial charge in [-0.2, -0.15) is 0 Å². The number of aryl methyl sites for hydroxylation is 2. The van der Waals surface area contributed by atoms with Crippen LogP contribution in [0.25, 0.3) is 10.9 Å². The first-order valence-electron chi connectivity index (χ1n) is 11.2. The highest BCUT2D eigenvalue weighted by molar-refractivity contribution is 5.89. The Morgan fingerprint density at radius 2 is 1.70 bits per heavy atom. The second-order valence-electron chi connectivity index (χ2n) is 8.58. The first-order chi connectivity index (χ1) is 15.9. The Bertz CT molecular complexity index is 1170. The fraction of sp³-hybridized carbons (Fsp3) is 0.385. The number of fused-ring (bicyclic) bond motifs is 1. The van der Waals surface area contributed by atoms with E-state index in [2.05, 4.69) is 4.98 Å². The van der Waals surface area contributed by atoms with E-state index in [1.165, 1.54) is 17.7 Å². The number of nitrogens with zero attached hydrogens (tertiary/aromatic N) is 2. The van der Waals surface area contributed by atoms with Gasteiger partial charge >= 0.3 is 6.09 Å². The van der Waals surface area contributed by atoms with Crippen LogP contribution in [-0.2, 0) is 0 Å². The van der Waals surface area contributed by atoms with E-state index in [1.807, 2.05) is 38.1 Å². The van der Waals surface area contributed by atoms with Crippen molar-refractivity contribution in [2.75, 3.05) is 25.7 Å². The van der Waals surface area contributed by atoms with Gasteiger partial charge in [-0.1, -0.05) is 12.8 Å². The Morgan fingerprint density at radius 3 is 2.36 bits per heavy atom. The number of anilines is 1. The number of amides is 1. The topological polar surface area (TPSA) is 81.1 Å². The smallest absolute Gasteiger partial charge is 0.411 e. The van der Waals surface area contributed by atoms with Gasteiger partial charge in [0.25, 0.3) is 0 Å². The SMILES string of the molecule is COc1cc2nccc(Oc3cc(C)c(N(CC4CCCC4)C(=O)O)cc3C)c2cc1OC. The molecule has 2 aromatic carbocycles. The van der Waals surface area contributed by atoms with E-state index >= 15 is 0 Å². The van der Waals surface area contributed by atoms with Crippen molar-refractivity contribution in [3.8, 4) is 23.0 Å². The number of carboxylic acid groups (broad SMARTS) is 1. The number of ether oxygens (including phenoxy) is 3. The number of methoxy groups -OCH3 is 2. The molecule has 7 heteroatoms. The highest BCUT2D eigenvalue weighted by Crippen LogP contribution is 2.39. The van der Waals surface area contributed by atoms with Crippen molar-refractivity contribution in [2.45, 2.75) is 39.5 Å². The van der Waals surface area contributed by atoms with Crippen LogP contribution in [-0.4, -0.2) is 36.9 Å². The first-order valence-corrected chi connectivity index (χ1v) is 11.2. The van der Waals surface area contributed by atoms with E-state index < -0.39 is 6.09 Å². The van der Waals surface area contributed by atoms with Gasteiger partial charge in [-0.15, -0.1) is 0 Å². The predicted molar refractivity (Wildman–Crippen MR) is 128 cm³/mol. The third kappa shape index (κ3) is 4.67. The van der Waals surface area contributed by atoms with Gasteiger partial charge in [-0.3, -0.25) is 9.88 Å². The van der Waals surface area contributed by atoms with Crippen molar-refractivity contribution in [2.24, 2.45) is 5.92 Å². The van der Waals surface area contributed by atoms with Crippen LogP contribution in [0.3, 0.4) is 0 Å². The lowest BCUT2D eigenvalue weighted by molar-refractivity contribution is 0.200. The quantitative estimate of drug-likeness (QED) is 0.453. The Kier molecular flexibility index (Phi) is 6.58. The highest BCUT2D eigenvalue weighted by Gasteiger charge is 2.25. The van der Waals surface area contributed by atoms with E-state index in [0.717, 1.165) is 34.9 Å². The molecule has 0 aliphatic heterocycles. The molecule has 0 unspecified atom stereocenters. The minimum absolute atomic E-state index is 0.423. The molecule has 1 aliphatic carbocycles. The summed E-state index contributed by atoms with van der Waals surface area (Å²) in [5, 5.41) is 10.7. The van der Waals surface area contributed by atoms with E-state index in [-0.39, 0.29) is 0 Å². The van der Waals surface area contributed by atoms with Gasteiger partial charge in [0.1, 0.15) is 11.5 Å². The average molecular weight is 451 g/mol. The van der Waals surface area contributed by atoms with Crippen LogP contribution in [0.15, 0.2) is 36.5 Å². The Hall–Kier alpha value is -3.48. The number of hydrogen-bond acceptors (Lipinski definition) is 5. The van der Waals surface area contributed by atoms with Crippen molar-refractivity contribution >= 4 is 22.7 Å². The van der Waals surface area contributed by atoms with Crippen LogP contribution in [0.5, 0.6) is 23.0 Å². The fourth-order valence-electron chi connectivity index (χ4n) is 4.56. The van der Waals surface area contributed by atoms with Crippen LogP contribution in [0.4, 0.5) is 10.5 Å². The summed E-state index contributed by atoms with van der Waals surface area (Å²) in [6.45, 7) is 4.39. The number of hydrogen-bond donors (Lipinski definition) is 1. The molecule has 174 valence electrons. The van der Waals surface area contributed by atoms with E-state index in [4.69, 9.17) is 14.2 Å². The molecule has 33 heavy (non-hydrogen) atoms. The maximum atomic E-state index is 12.1. The summed E-state index contributed by atoms with van der Waals surface area (Å²) in [7, 11) is 3.18. The van der Waals surface area contributed by atoms with Crippen LogP contribution >= 0.6 is 0 Å². The van der Waals surface area contributed by atoms with E-state index in [1.54, 1.807) is 26.5 Å².